The molecule has 0 aliphatic heterocycles. The van der Waals surface area contributed by atoms with Crippen LogP contribution in [0.1, 0.15) is 41.0 Å². The summed E-state index contributed by atoms with van der Waals surface area (Å²) in [6.07, 6.45) is 3.16. The topological polar surface area (TPSA) is 12.4 Å². The molecule has 1 aliphatic carbocycles. The molecule has 0 radical (unpaired) electrons. The summed E-state index contributed by atoms with van der Waals surface area (Å²) < 4.78 is 0. The molecule has 80 valence electrons. The highest BCUT2D eigenvalue weighted by Gasteiger charge is 2.34. The third-order valence-electron chi connectivity index (χ3n) is 3.38. The van der Waals surface area contributed by atoms with Gasteiger partial charge in [-0.2, -0.15) is 0 Å². The fourth-order valence-electron chi connectivity index (χ4n) is 1.90. The Bertz CT molecular complexity index is 244. The monoisotopic (exact) mass is 193 g/mol. The molecule has 14 heavy (non-hydrogen) atoms. The zero-order valence-electron chi connectivity index (χ0n) is 10.2. The van der Waals surface area contributed by atoms with Crippen molar-refractivity contribution in [1.82, 2.24) is 0 Å². The molecule has 3 atom stereocenters. The normalized spacial score (nSPS) is 33.8. The largest absolute Gasteiger partial charge is 0.286 e. The molecule has 1 nitrogen and oxygen atoms in total. The van der Waals surface area contributed by atoms with Gasteiger partial charge in [-0.3, -0.25) is 4.99 Å². The van der Waals surface area contributed by atoms with Crippen molar-refractivity contribution in [3.8, 4) is 0 Å². The molecule has 0 aromatic heterocycles. The second-order valence-corrected chi connectivity index (χ2v) is 5.61. The van der Waals surface area contributed by atoms with Crippen LogP contribution in [0.3, 0.4) is 0 Å². The van der Waals surface area contributed by atoms with Crippen LogP contribution in [0.4, 0.5) is 0 Å². The molecule has 0 aromatic carbocycles. The zero-order valence-corrected chi connectivity index (χ0v) is 10.2. The van der Waals surface area contributed by atoms with Crippen LogP contribution in [-0.4, -0.2) is 11.8 Å². The van der Waals surface area contributed by atoms with Gasteiger partial charge in [0, 0.05) is 11.1 Å². The van der Waals surface area contributed by atoms with Gasteiger partial charge in [0.1, 0.15) is 0 Å². The van der Waals surface area contributed by atoms with Gasteiger partial charge in [-0.25, -0.2) is 0 Å². The van der Waals surface area contributed by atoms with E-state index >= 15 is 0 Å². The van der Waals surface area contributed by atoms with E-state index in [0.717, 1.165) is 17.5 Å². The average molecular weight is 193 g/mol. The summed E-state index contributed by atoms with van der Waals surface area (Å²) in [5, 5.41) is 0. The van der Waals surface area contributed by atoms with E-state index < -0.39 is 0 Å². The molecule has 0 saturated heterocycles. The summed E-state index contributed by atoms with van der Waals surface area (Å²) in [4.78, 5) is 4.80. The zero-order chi connectivity index (χ0) is 10.9. The van der Waals surface area contributed by atoms with Crippen molar-refractivity contribution in [2.75, 3.05) is 0 Å². The first-order chi connectivity index (χ1) is 6.36. The van der Waals surface area contributed by atoms with E-state index in [1.165, 1.54) is 6.42 Å². The van der Waals surface area contributed by atoms with Crippen molar-refractivity contribution >= 4 is 5.71 Å². The Labute approximate surface area is 88.3 Å². The Morgan fingerprint density at radius 1 is 1.36 bits per heavy atom. The van der Waals surface area contributed by atoms with Crippen LogP contribution in [0.25, 0.3) is 0 Å². The van der Waals surface area contributed by atoms with Gasteiger partial charge in [-0.15, -0.1) is 0 Å². The minimum Gasteiger partial charge on any atom is -0.286 e. The predicted molar refractivity (Wildman–Crippen MR) is 63.8 cm³/mol. The summed E-state index contributed by atoms with van der Waals surface area (Å²) in [6, 6.07) is 0.539. The van der Waals surface area contributed by atoms with Crippen molar-refractivity contribution in [2.24, 2.45) is 22.2 Å². The Kier molecular flexibility index (Phi) is 3.18. The van der Waals surface area contributed by atoms with Crippen LogP contribution in [0, 0.1) is 17.3 Å². The number of nitrogens with zero attached hydrogens (tertiary/aromatic N) is 1. The minimum atomic E-state index is 0.139. The van der Waals surface area contributed by atoms with Gasteiger partial charge >= 0.3 is 0 Å². The van der Waals surface area contributed by atoms with E-state index in [1.807, 2.05) is 6.08 Å². The number of allylic oxidation sites excluding steroid dienone is 1. The lowest BCUT2D eigenvalue weighted by Crippen LogP contribution is -2.37. The molecule has 1 saturated carbocycles. The second kappa shape index (κ2) is 3.88. The van der Waals surface area contributed by atoms with E-state index in [-0.39, 0.29) is 5.41 Å². The molecule has 0 N–H and O–H groups in total. The van der Waals surface area contributed by atoms with Crippen molar-refractivity contribution in [3.63, 3.8) is 0 Å². The highest BCUT2D eigenvalue weighted by Crippen LogP contribution is 2.37. The van der Waals surface area contributed by atoms with Crippen molar-refractivity contribution < 1.29 is 0 Å². The second-order valence-electron chi connectivity index (χ2n) is 5.61. The molecule has 1 rings (SSSR count). The van der Waals surface area contributed by atoms with Crippen molar-refractivity contribution in [1.29, 1.82) is 0 Å². The highest BCUT2D eigenvalue weighted by atomic mass is 14.8. The lowest BCUT2D eigenvalue weighted by atomic mass is 9.71. The molecule has 1 unspecified atom stereocenters. The quantitative estimate of drug-likeness (QED) is 0.593. The minimum absolute atomic E-state index is 0.139. The van der Waals surface area contributed by atoms with Gasteiger partial charge in [0.05, 0.1) is 6.04 Å². The van der Waals surface area contributed by atoms with Crippen LogP contribution < -0.4 is 0 Å². The maximum absolute atomic E-state index is 4.80. The number of aliphatic imine (C=N–C) groups is 1. The van der Waals surface area contributed by atoms with Crippen LogP contribution >= 0.6 is 0 Å². The highest BCUT2D eigenvalue weighted by molar-refractivity contribution is 5.98. The molecule has 0 spiro atoms. The molecule has 0 amide bonds. The van der Waals surface area contributed by atoms with E-state index in [4.69, 9.17) is 4.99 Å². The molecule has 1 fully saturated rings. The van der Waals surface area contributed by atoms with Crippen molar-refractivity contribution in [3.05, 3.63) is 12.7 Å². The van der Waals surface area contributed by atoms with Gasteiger partial charge in [-0.05, 0) is 24.3 Å². The number of hydrogen-bond acceptors (Lipinski definition) is 1. The SMILES string of the molecule is C=CC(=N[C@@H]1C[C@@H](C)C1C)C(C)(C)C. The fourth-order valence-corrected chi connectivity index (χ4v) is 1.90. The Morgan fingerprint density at radius 3 is 2.21 bits per heavy atom. The van der Waals surface area contributed by atoms with E-state index in [0.29, 0.717) is 6.04 Å². The predicted octanol–water partition coefficient (Wildman–Crippen LogP) is 3.70. The molecular weight excluding hydrogens is 170 g/mol. The lowest BCUT2D eigenvalue weighted by Gasteiger charge is -2.39. The summed E-state index contributed by atoms with van der Waals surface area (Å²) in [6.45, 7) is 15.0. The Morgan fingerprint density at radius 2 is 1.93 bits per heavy atom. The van der Waals surface area contributed by atoms with Crippen LogP contribution in [0.15, 0.2) is 17.6 Å². The fraction of sp³-hybridized carbons (Fsp3) is 0.769. The first kappa shape index (κ1) is 11.5. The van der Waals surface area contributed by atoms with Crippen LogP contribution in [0.2, 0.25) is 0 Å². The van der Waals surface area contributed by atoms with E-state index in [2.05, 4.69) is 41.2 Å². The Hall–Kier alpha value is -0.590. The first-order valence-corrected chi connectivity index (χ1v) is 5.57. The summed E-state index contributed by atoms with van der Waals surface area (Å²) in [7, 11) is 0. The summed E-state index contributed by atoms with van der Waals surface area (Å²) >= 11 is 0. The van der Waals surface area contributed by atoms with Gasteiger partial charge in [0.25, 0.3) is 0 Å². The molecule has 1 heteroatoms. The number of rotatable bonds is 2. The molecule has 0 heterocycles. The Balaban J connectivity index is 2.71. The maximum atomic E-state index is 4.80. The maximum Gasteiger partial charge on any atom is 0.0533 e. The molecule has 1 aliphatic rings. The van der Waals surface area contributed by atoms with Gasteiger partial charge < -0.3 is 0 Å². The average Bonchev–Trinajstić information content (AvgIpc) is 2.09. The third kappa shape index (κ3) is 2.26. The molecule has 0 bridgehead atoms. The van der Waals surface area contributed by atoms with Gasteiger partial charge in [-0.1, -0.05) is 41.2 Å². The summed E-state index contributed by atoms with van der Waals surface area (Å²) in [5.41, 5.74) is 1.29. The van der Waals surface area contributed by atoms with Crippen LogP contribution in [-0.2, 0) is 0 Å². The standard InChI is InChI=1S/C13H23N/c1-7-12(13(4,5)6)14-11-8-9(2)10(11)3/h7,9-11H,1,8H2,2-6H3/t9-,10?,11-/m1/s1. The number of hydrogen-bond donors (Lipinski definition) is 0. The summed E-state index contributed by atoms with van der Waals surface area (Å²) in [5.74, 6) is 1.59. The van der Waals surface area contributed by atoms with Crippen LogP contribution in [0.5, 0.6) is 0 Å². The lowest BCUT2D eigenvalue weighted by molar-refractivity contribution is 0.174. The molecule has 0 aromatic rings. The molecular formula is C13H23N. The van der Waals surface area contributed by atoms with E-state index in [9.17, 15) is 0 Å². The smallest absolute Gasteiger partial charge is 0.0533 e. The first-order valence-electron chi connectivity index (χ1n) is 5.57. The third-order valence-corrected chi connectivity index (χ3v) is 3.38. The van der Waals surface area contributed by atoms with Crippen molar-refractivity contribution in [2.45, 2.75) is 47.1 Å². The van der Waals surface area contributed by atoms with Gasteiger partial charge in [0.15, 0.2) is 0 Å². The van der Waals surface area contributed by atoms with E-state index in [1.54, 1.807) is 0 Å². The van der Waals surface area contributed by atoms with Gasteiger partial charge in [0.2, 0.25) is 0 Å².